The van der Waals surface area contributed by atoms with E-state index in [4.69, 9.17) is 5.73 Å². The van der Waals surface area contributed by atoms with Gasteiger partial charge >= 0.3 is 0 Å². The zero-order valence-electron chi connectivity index (χ0n) is 9.04. The molecule has 0 atom stereocenters. The number of para-hydroxylation sites is 1. The Morgan fingerprint density at radius 1 is 1.31 bits per heavy atom. The fraction of sp³-hybridized carbons (Fsp3) is 0.250. The zero-order valence-corrected chi connectivity index (χ0v) is 9.86. The van der Waals surface area contributed by atoms with Gasteiger partial charge in [-0.3, -0.25) is 0 Å². The van der Waals surface area contributed by atoms with Crippen LogP contribution in [0.4, 0.5) is 5.69 Å². The summed E-state index contributed by atoms with van der Waals surface area (Å²) in [6.45, 7) is 1.01. The number of nitrogen functional groups attached to an aromatic ring is 1. The molecule has 2 aromatic rings. The van der Waals surface area contributed by atoms with Crippen molar-refractivity contribution in [1.29, 1.82) is 0 Å². The van der Waals surface area contributed by atoms with Crippen LogP contribution in [0, 0.1) is 0 Å². The third-order valence-corrected chi connectivity index (χ3v) is 3.47. The van der Waals surface area contributed by atoms with E-state index in [1.54, 1.807) is 0 Å². The Labute approximate surface area is 99.7 Å². The average molecular weight is 233 g/mol. The van der Waals surface area contributed by atoms with Crippen LogP contribution < -0.4 is 5.73 Å². The summed E-state index contributed by atoms with van der Waals surface area (Å²) >= 11 is 1.81. The molecule has 2 rings (SSSR count). The van der Waals surface area contributed by atoms with E-state index in [-0.39, 0.29) is 0 Å². The van der Waals surface area contributed by atoms with Gasteiger partial charge in [-0.25, -0.2) is 4.98 Å². The summed E-state index contributed by atoms with van der Waals surface area (Å²) < 4.78 is 2.09. The minimum Gasteiger partial charge on any atom is -0.398 e. The second kappa shape index (κ2) is 5.61. The highest BCUT2D eigenvalue weighted by atomic mass is 32.2. The number of thioether (sulfide) groups is 1. The Bertz CT molecular complexity index is 426. The van der Waals surface area contributed by atoms with Gasteiger partial charge in [-0.15, -0.1) is 11.8 Å². The predicted octanol–water partition coefficient (Wildman–Crippen LogP) is 2.65. The number of imidazole rings is 1. The van der Waals surface area contributed by atoms with Crippen LogP contribution in [-0.4, -0.2) is 15.3 Å². The minimum atomic E-state index is 0.870. The van der Waals surface area contributed by atoms with Gasteiger partial charge in [0, 0.05) is 29.5 Å². The van der Waals surface area contributed by atoms with Crippen molar-refractivity contribution in [3.05, 3.63) is 43.0 Å². The lowest BCUT2D eigenvalue weighted by Crippen LogP contribution is -1.96. The van der Waals surface area contributed by atoms with Gasteiger partial charge in [0.2, 0.25) is 0 Å². The van der Waals surface area contributed by atoms with Crippen molar-refractivity contribution in [2.45, 2.75) is 17.9 Å². The topological polar surface area (TPSA) is 43.8 Å². The second-order valence-electron chi connectivity index (χ2n) is 3.54. The molecule has 0 aliphatic heterocycles. The van der Waals surface area contributed by atoms with Gasteiger partial charge in [0.15, 0.2) is 0 Å². The maximum absolute atomic E-state index is 5.86. The number of nitrogens with zero attached hydrogens (tertiary/aromatic N) is 2. The minimum absolute atomic E-state index is 0.870. The third kappa shape index (κ3) is 3.03. The summed E-state index contributed by atoms with van der Waals surface area (Å²) in [6, 6.07) is 7.99. The molecule has 0 unspecified atom stereocenters. The smallest absolute Gasteiger partial charge is 0.0945 e. The fourth-order valence-electron chi connectivity index (χ4n) is 1.46. The molecule has 3 nitrogen and oxygen atoms in total. The number of hydrogen-bond acceptors (Lipinski definition) is 3. The Hall–Kier alpha value is -1.42. The quantitative estimate of drug-likeness (QED) is 0.490. The van der Waals surface area contributed by atoms with Gasteiger partial charge < -0.3 is 10.3 Å². The lowest BCUT2D eigenvalue weighted by molar-refractivity contribution is 0.683. The van der Waals surface area contributed by atoms with Crippen LogP contribution in [0.2, 0.25) is 0 Å². The number of anilines is 1. The van der Waals surface area contributed by atoms with Gasteiger partial charge in [-0.2, -0.15) is 0 Å². The van der Waals surface area contributed by atoms with Gasteiger partial charge in [0.1, 0.15) is 0 Å². The largest absolute Gasteiger partial charge is 0.398 e. The first-order chi connectivity index (χ1) is 7.86. The van der Waals surface area contributed by atoms with Crippen molar-refractivity contribution in [2.24, 2.45) is 0 Å². The molecule has 0 spiro atoms. The number of nitrogens with two attached hydrogens (primary N) is 1. The molecule has 2 N–H and O–H groups in total. The molecule has 0 fully saturated rings. The van der Waals surface area contributed by atoms with Crippen LogP contribution in [0.1, 0.15) is 6.42 Å². The highest BCUT2D eigenvalue weighted by Gasteiger charge is 1.98. The van der Waals surface area contributed by atoms with Crippen LogP contribution in [0.5, 0.6) is 0 Å². The van der Waals surface area contributed by atoms with Crippen LogP contribution >= 0.6 is 11.8 Å². The normalized spacial score (nSPS) is 10.5. The predicted molar refractivity (Wildman–Crippen MR) is 68.4 cm³/mol. The van der Waals surface area contributed by atoms with Gasteiger partial charge in [0.25, 0.3) is 0 Å². The van der Waals surface area contributed by atoms with Crippen molar-refractivity contribution in [2.75, 3.05) is 11.5 Å². The number of aromatic nitrogens is 2. The number of rotatable bonds is 5. The van der Waals surface area contributed by atoms with Gasteiger partial charge in [-0.05, 0) is 24.3 Å². The highest BCUT2D eigenvalue weighted by molar-refractivity contribution is 7.99. The van der Waals surface area contributed by atoms with Crippen molar-refractivity contribution >= 4 is 17.4 Å². The molecule has 0 saturated heterocycles. The molecule has 0 aliphatic rings. The number of hydrogen-bond donors (Lipinski definition) is 1. The molecule has 16 heavy (non-hydrogen) atoms. The van der Waals surface area contributed by atoms with E-state index in [0.717, 1.165) is 24.4 Å². The van der Waals surface area contributed by atoms with Crippen LogP contribution in [0.3, 0.4) is 0 Å². The van der Waals surface area contributed by atoms with Gasteiger partial charge in [0.05, 0.1) is 6.33 Å². The number of aryl methyl sites for hydroxylation is 1. The van der Waals surface area contributed by atoms with Gasteiger partial charge in [-0.1, -0.05) is 12.1 Å². The van der Waals surface area contributed by atoms with E-state index in [9.17, 15) is 0 Å². The summed E-state index contributed by atoms with van der Waals surface area (Å²) in [5.41, 5.74) is 6.73. The monoisotopic (exact) mass is 233 g/mol. The summed E-state index contributed by atoms with van der Waals surface area (Å²) in [4.78, 5) is 5.18. The first-order valence-electron chi connectivity index (χ1n) is 5.29. The molecule has 0 radical (unpaired) electrons. The molecule has 0 bridgehead atoms. The molecular weight excluding hydrogens is 218 g/mol. The molecule has 0 amide bonds. The highest BCUT2D eigenvalue weighted by Crippen LogP contribution is 2.24. The van der Waals surface area contributed by atoms with Crippen molar-refractivity contribution in [3.63, 3.8) is 0 Å². The summed E-state index contributed by atoms with van der Waals surface area (Å²) in [5, 5.41) is 0. The molecule has 0 aliphatic carbocycles. The summed E-state index contributed by atoms with van der Waals surface area (Å²) in [7, 11) is 0. The Kier molecular flexibility index (Phi) is 3.88. The lowest BCUT2D eigenvalue weighted by Gasteiger charge is -2.05. The van der Waals surface area contributed by atoms with Crippen LogP contribution in [0.25, 0.3) is 0 Å². The molecule has 84 valence electrons. The van der Waals surface area contributed by atoms with E-state index < -0.39 is 0 Å². The average Bonchev–Trinajstić information content (AvgIpc) is 2.79. The van der Waals surface area contributed by atoms with Crippen molar-refractivity contribution in [3.8, 4) is 0 Å². The summed E-state index contributed by atoms with van der Waals surface area (Å²) in [5.74, 6) is 1.08. The zero-order chi connectivity index (χ0) is 11.2. The number of benzene rings is 1. The van der Waals surface area contributed by atoms with Crippen molar-refractivity contribution < 1.29 is 0 Å². The van der Waals surface area contributed by atoms with Crippen LogP contribution in [0.15, 0.2) is 47.9 Å². The molecule has 4 heteroatoms. The first kappa shape index (κ1) is 11.1. The first-order valence-corrected chi connectivity index (χ1v) is 6.28. The van der Waals surface area contributed by atoms with E-state index >= 15 is 0 Å². The van der Waals surface area contributed by atoms with E-state index in [0.29, 0.717) is 0 Å². The van der Waals surface area contributed by atoms with E-state index in [2.05, 4.69) is 15.6 Å². The molecule has 1 heterocycles. The maximum Gasteiger partial charge on any atom is 0.0945 e. The molecule has 1 aromatic carbocycles. The molecular formula is C12H15N3S. The summed E-state index contributed by atoms with van der Waals surface area (Å²) in [6.07, 6.45) is 6.76. The molecule has 0 saturated carbocycles. The Morgan fingerprint density at radius 2 is 2.19 bits per heavy atom. The third-order valence-electron chi connectivity index (χ3n) is 2.30. The Balaban J connectivity index is 1.74. The van der Waals surface area contributed by atoms with E-state index in [1.807, 2.05) is 48.7 Å². The van der Waals surface area contributed by atoms with Crippen molar-refractivity contribution in [1.82, 2.24) is 9.55 Å². The Morgan fingerprint density at radius 3 is 2.94 bits per heavy atom. The second-order valence-corrected chi connectivity index (χ2v) is 4.68. The fourth-order valence-corrected chi connectivity index (χ4v) is 2.36. The lowest BCUT2D eigenvalue weighted by atomic mass is 10.3. The standard InChI is InChI=1S/C12H15N3S/c13-11-4-1-2-5-12(11)16-9-3-7-15-8-6-14-10-15/h1-2,4-6,8,10H,3,7,9,13H2. The molecule has 1 aromatic heterocycles. The van der Waals surface area contributed by atoms with E-state index in [1.165, 1.54) is 4.90 Å². The SMILES string of the molecule is Nc1ccccc1SCCCn1ccnc1. The maximum atomic E-state index is 5.86. The van der Waals surface area contributed by atoms with Crippen LogP contribution in [-0.2, 0) is 6.54 Å².